The lowest BCUT2D eigenvalue weighted by Gasteiger charge is -2.39. The van der Waals surface area contributed by atoms with Crippen molar-refractivity contribution >= 4 is 10.9 Å². The molecular formula is C19H28N4O. The smallest absolute Gasteiger partial charge is 0.143 e. The molecule has 1 aromatic heterocycles. The highest BCUT2D eigenvalue weighted by atomic mass is 16.5. The maximum absolute atomic E-state index is 5.49. The maximum Gasteiger partial charge on any atom is 0.143 e. The molecule has 2 aromatic rings. The second-order valence-corrected chi connectivity index (χ2v) is 6.56. The molecule has 3 rings (SSSR count). The Morgan fingerprint density at radius 2 is 2.04 bits per heavy atom. The number of ether oxygens (including phenoxy) is 1. The predicted molar refractivity (Wildman–Crippen MR) is 97.1 cm³/mol. The summed E-state index contributed by atoms with van der Waals surface area (Å²) in [4.78, 5) is 14.4. The Morgan fingerprint density at radius 1 is 1.21 bits per heavy atom. The van der Waals surface area contributed by atoms with Gasteiger partial charge in [0.25, 0.3) is 0 Å². The summed E-state index contributed by atoms with van der Waals surface area (Å²) in [6.07, 6.45) is 0. The van der Waals surface area contributed by atoms with Crippen molar-refractivity contribution in [1.82, 2.24) is 19.8 Å². The van der Waals surface area contributed by atoms with Crippen LogP contribution in [-0.2, 0) is 11.3 Å². The van der Waals surface area contributed by atoms with E-state index in [2.05, 4.69) is 35.8 Å². The monoisotopic (exact) mass is 328 g/mol. The zero-order valence-corrected chi connectivity index (χ0v) is 15.0. The molecular weight excluding hydrogens is 300 g/mol. The number of aryl methyl sites for hydroxylation is 1. The first-order valence-corrected chi connectivity index (χ1v) is 8.93. The Hall–Kier alpha value is -1.56. The summed E-state index contributed by atoms with van der Waals surface area (Å²) in [5.74, 6) is 0.932. The van der Waals surface area contributed by atoms with Crippen LogP contribution in [-0.4, -0.2) is 65.2 Å². The van der Waals surface area contributed by atoms with Gasteiger partial charge in [0.1, 0.15) is 5.82 Å². The molecule has 0 N–H and O–H groups in total. The van der Waals surface area contributed by atoms with Crippen LogP contribution >= 0.6 is 0 Å². The van der Waals surface area contributed by atoms with E-state index in [0.29, 0.717) is 6.04 Å². The van der Waals surface area contributed by atoms with E-state index in [0.717, 1.165) is 68.4 Å². The van der Waals surface area contributed by atoms with Crippen LogP contribution in [0.4, 0.5) is 0 Å². The van der Waals surface area contributed by atoms with Crippen molar-refractivity contribution in [1.29, 1.82) is 0 Å². The van der Waals surface area contributed by atoms with Crippen LogP contribution in [0.5, 0.6) is 0 Å². The zero-order chi connectivity index (χ0) is 16.9. The van der Waals surface area contributed by atoms with E-state index in [9.17, 15) is 0 Å². The van der Waals surface area contributed by atoms with Gasteiger partial charge in [0.15, 0.2) is 0 Å². The van der Waals surface area contributed by atoms with Crippen molar-refractivity contribution in [2.75, 3.05) is 39.4 Å². The average molecular weight is 328 g/mol. The summed E-state index contributed by atoms with van der Waals surface area (Å²) < 4.78 is 5.49. The lowest BCUT2D eigenvalue weighted by Crippen LogP contribution is -2.52. The van der Waals surface area contributed by atoms with Crippen molar-refractivity contribution in [3.8, 4) is 0 Å². The van der Waals surface area contributed by atoms with E-state index in [1.807, 2.05) is 19.1 Å². The normalized spacial score (nSPS) is 19.9. The molecule has 0 spiro atoms. The summed E-state index contributed by atoms with van der Waals surface area (Å²) in [5, 5.41) is 1.15. The molecule has 5 heteroatoms. The van der Waals surface area contributed by atoms with Crippen LogP contribution in [0, 0.1) is 6.92 Å². The Morgan fingerprint density at radius 3 is 2.83 bits per heavy atom. The first-order valence-electron chi connectivity index (χ1n) is 8.93. The van der Waals surface area contributed by atoms with Gasteiger partial charge in [-0.15, -0.1) is 0 Å². The van der Waals surface area contributed by atoms with Gasteiger partial charge < -0.3 is 4.74 Å². The van der Waals surface area contributed by atoms with E-state index >= 15 is 0 Å². The zero-order valence-electron chi connectivity index (χ0n) is 15.0. The first kappa shape index (κ1) is 17.3. The molecule has 2 heterocycles. The topological polar surface area (TPSA) is 41.5 Å². The van der Waals surface area contributed by atoms with Crippen molar-refractivity contribution in [2.24, 2.45) is 0 Å². The molecule has 1 aliphatic rings. The Labute approximate surface area is 144 Å². The van der Waals surface area contributed by atoms with Crippen LogP contribution in [0.15, 0.2) is 24.3 Å². The van der Waals surface area contributed by atoms with Crippen molar-refractivity contribution in [2.45, 2.75) is 33.4 Å². The van der Waals surface area contributed by atoms with Crippen LogP contribution in [0.25, 0.3) is 10.9 Å². The standard InChI is InChI=1S/C19H28N4O/c1-4-24-12-11-23-10-9-22(13-15(23)2)14-19-20-16(3)17-7-5-6-8-18(17)21-19/h5-8,15H,4,9-14H2,1-3H3/t15-/m1/s1. The molecule has 0 unspecified atom stereocenters. The molecule has 0 saturated carbocycles. The van der Waals surface area contributed by atoms with Crippen LogP contribution in [0.1, 0.15) is 25.4 Å². The second-order valence-electron chi connectivity index (χ2n) is 6.56. The van der Waals surface area contributed by atoms with Crippen molar-refractivity contribution in [3.05, 3.63) is 35.8 Å². The molecule has 24 heavy (non-hydrogen) atoms. The third-order valence-electron chi connectivity index (χ3n) is 4.78. The van der Waals surface area contributed by atoms with Gasteiger partial charge in [0.2, 0.25) is 0 Å². The number of piperazine rings is 1. The number of fused-ring (bicyclic) bond motifs is 1. The Bertz CT molecular complexity index is 675. The van der Waals surface area contributed by atoms with Gasteiger partial charge in [-0.1, -0.05) is 18.2 Å². The second kappa shape index (κ2) is 8.01. The fourth-order valence-corrected chi connectivity index (χ4v) is 3.44. The fraction of sp³-hybridized carbons (Fsp3) is 0.579. The van der Waals surface area contributed by atoms with Crippen LogP contribution in [0.2, 0.25) is 0 Å². The van der Waals surface area contributed by atoms with Gasteiger partial charge in [-0.3, -0.25) is 9.80 Å². The van der Waals surface area contributed by atoms with Gasteiger partial charge in [-0.2, -0.15) is 0 Å². The number of para-hydroxylation sites is 1. The summed E-state index contributed by atoms with van der Waals surface area (Å²) in [6, 6.07) is 8.79. The third-order valence-corrected chi connectivity index (χ3v) is 4.78. The lowest BCUT2D eigenvalue weighted by molar-refractivity contribution is 0.0457. The quantitative estimate of drug-likeness (QED) is 0.762. The van der Waals surface area contributed by atoms with Crippen molar-refractivity contribution < 1.29 is 4.74 Å². The van der Waals surface area contributed by atoms with E-state index in [1.165, 1.54) is 0 Å². The number of hydrogen-bond acceptors (Lipinski definition) is 5. The molecule has 1 aromatic carbocycles. The number of aromatic nitrogens is 2. The molecule has 1 saturated heterocycles. The summed E-state index contributed by atoms with van der Waals surface area (Å²) >= 11 is 0. The fourth-order valence-electron chi connectivity index (χ4n) is 3.44. The molecule has 1 fully saturated rings. The maximum atomic E-state index is 5.49. The minimum absolute atomic E-state index is 0.542. The van der Waals surface area contributed by atoms with Crippen LogP contribution < -0.4 is 0 Å². The molecule has 0 aliphatic carbocycles. The highest BCUT2D eigenvalue weighted by Gasteiger charge is 2.24. The first-order chi connectivity index (χ1) is 11.7. The molecule has 0 radical (unpaired) electrons. The minimum Gasteiger partial charge on any atom is -0.380 e. The average Bonchev–Trinajstić information content (AvgIpc) is 2.57. The predicted octanol–water partition coefficient (Wildman–Crippen LogP) is 2.48. The highest BCUT2D eigenvalue weighted by molar-refractivity contribution is 5.80. The van der Waals surface area contributed by atoms with E-state index < -0.39 is 0 Å². The number of benzene rings is 1. The summed E-state index contributed by atoms with van der Waals surface area (Å²) in [7, 11) is 0. The summed E-state index contributed by atoms with van der Waals surface area (Å²) in [6.45, 7) is 13.1. The lowest BCUT2D eigenvalue weighted by atomic mass is 10.2. The number of hydrogen-bond donors (Lipinski definition) is 0. The van der Waals surface area contributed by atoms with Gasteiger partial charge in [-0.25, -0.2) is 9.97 Å². The highest BCUT2D eigenvalue weighted by Crippen LogP contribution is 2.17. The largest absolute Gasteiger partial charge is 0.380 e. The number of rotatable bonds is 6. The third kappa shape index (κ3) is 4.09. The van der Waals surface area contributed by atoms with Gasteiger partial charge in [0.05, 0.1) is 18.7 Å². The molecule has 1 atom stereocenters. The van der Waals surface area contributed by atoms with Crippen LogP contribution in [0.3, 0.4) is 0 Å². The van der Waals surface area contributed by atoms with E-state index in [-0.39, 0.29) is 0 Å². The van der Waals surface area contributed by atoms with Gasteiger partial charge in [0, 0.05) is 49.9 Å². The van der Waals surface area contributed by atoms with Gasteiger partial charge >= 0.3 is 0 Å². The number of nitrogens with zero attached hydrogens (tertiary/aromatic N) is 4. The van der Waals surface area contributed by atoms with E-state index in [1.54, 1.807) is 0 Å². The summed E-state index contributed by atoms with van der Waals surface area (Å²) in [5.41, 5.74) is 2.11. The molecule has 0 bridgehead atoms. The SMILES string of the molecule is CCOCCN1CCN(Cc2nc(C)c3ccccc3n2)C[C@H]1C. The molecule has 1 aliphatic heterocycles. The van der Waals surface area contributed by atoms with E-state index in [4.69, 9.17) is 14.7 Å². The minimum atomic E-state index is 0.542. The Balaban J connectivity index is 1.61. The molecule has 130 valence electrons. The van der Waals surface area contributed by atoms with Gasteiger partial charge in [-0.05, 0) is 26.8 Å². The van der Waals surface area contributed by atoms with Crippen molar-refractivity contribution in [3.63, 3.8) is 0 Å². The molecule has 5 nitrogen and oxygen atoms in total. The molecule has 0 amide bonds. The Kier molecular flexibility index (Phi) is 5.76.